The molecule has 0 heterocycles. The largest absolute Gasteiger partial charge is 0.493 e. The van der Waals surface area contributed by atoms with Crippen LogP contribution in [-0.4, -0.2) is 19.7 Å². The van der Waals surface area contributed by atoms with Crippen molar-refractivity contribution < 1.29 is 19.0 Å². The molecule has 2 aromatic rings. The molecule has 0 aliphatic heterocycles. The molecule has 0 radical (unpaired) electrons. The van der Waals surface area contributed by atoms with Gasteiger partial charge in [0.25, 0.3) is 0 Å². The number of benzene rings is 2. The Kier molecular flexibility index (Phi) is 5.65. The number of carbonyl (C=O) groups is 1. The molecule has 0 saturated carbocycles. The van der Waals surface area contributed by atoms with Gasteiger partial charge >= 0.3 is 5.97 Å². The lowest BCUT2D eigenvalue weighted by molar-refractivity contribution is 0.0556. The van der Waals surface area contributed by atoms with Gasteiger partial charge in [0.05, 0.1) is 12.7 Å². The second-order valence-electron chi connectivity index (χ2n) is 4.92. The van der Waals surface area contributed by atoms with E-state index in [-0.39, 0.29) is 6.61 Å². The minimum atomic E-state index is -0.495. The van der Waals surface area contributed by atoms with E-state index >= 15 is 0 Å². The highest BCUT2D eigenvalue weighted by Gasteiger charge is 2.12. The minimum absolute atomic E-state index is 0.0651. The first-order valence-corrected chi connectivity index (χ1v) is 7.11. The van der Waals surface area contributed by atoms with Crippen molar-refractivity contribution in [2.45, 2.75) is 13.5 Å². The van der Waals surface area contributed by atoms with Gasteiger partial charge in [-0.05, 0) is 30.7 Å². The fourth-order valence-electron chi connectivity index (χ4n) is 1.95. The van der Waals surface area contributed by atoms with Gasteiger partial charge in [-0.2, -0.15) is 0 Å². The fraction of sp³-hybridized carbons (Fsp3) is 0.211. The van der Waals surface area contributed by atoms with Crippen LogP contribution in [0.25, 0.3) is 0 Å². The smallest absolute Gasteiger partial charge is 0.339 e. The molecule has 23 heavy (non-hydrogen) atoms. The first-order valence-electron chi connectivity index (χ1n) is 7.11. The highest BCUT2D eigenvalue weighted by atomic mass is 16.5. The number of methoxy groups -OCH3 is 1. The van der Waals surface area contributed by atoms with Gasteiger partial charge in [0.1, 0.15) is 6.61 Å². The van der Waals surface area contributed by atoms with Crippen molar-refractivity contribution in [1.29, 1.82) is 0 Å². The summed E-state index contributed by atoms with van der Waals surface area (Å²) in [6, 6.07) is 12.9. The zero-order valence-electron chi connectivity index (χ0n) is 13.2. The third-order valence-electron chi connectivity index (χ3n) is 3.20. The predicted molar refractivity (Wildman–Crippen MR) is 87.6 cm³/mol. The molecule has 0 aromatic heterocycles. The minimum Gasteiger partial charge on any atom is -0.493 e. The van der Waals surface area contributed by atoms with Crippen molar-refractivity contribution in [3.8, 4) is 23.8 Å². The number of esters is 1. The molecule has 0 aliphatic carbocycles. The lowest BCUT2D eigenvalue weighted by Crippen LogP contribution is -2.06. The van der Waals surface area contributed by atoms with Crippen molar-refractivity contribution in [1.82, 2.24) is 0 Å². The molecule has 0 spiro atoms. The third-order valence-corrected chi connectivity index (χ3v) is 3.20. The quantitative estimate of drug-likeness (QED) is 0.606. The van der Waals surface area contributed by atoms with Crippen molar-refractivity contribution in [2.24, 2.45) is 0 Å². The van der Waals surface area contributed by atoms with Gasteiger partial charge in [0.2, 0.25) is 0 Å². The van der Waals surface area contributed by atoms with Gasteiger partial charge in [0.15, 0.2) is 18.1 Å². The normalized spacial score (nSPS) is 9.78. The molecule has 118 valence electrons. The van der Waals surface area contributed by atoms with Gasteiger partial charge in [-0.25, -0.2) is 4.79 Å². The number of carbonyl (C=O) groups excluding carboxylic acids is 1. The van der Waals surface area contributed by atoms with E-state index in [2.05, 4.69) is 5.92 Å². The van der Waals surface area contributed by atoms with E-state index in [4.69, 9.17) is 20.6 Å². The maximum Gasteiger partial charge on any atom is 0.339 e. The first-order chi connectivity index (χ1) is 11.1. The first kappa shape index (κ1) is 16.4. The monoisotopic (exact) mass is 310 g/mol. The maximum atomic E-state index is 11.9. The van der Waals surface area contributed by atoms with Gasteiger partial charge in [0, 0.05) is 0 Å². The average molecular weight is 310 g/mol. The second kappa shape index (κ2) is 7.90. The van der Waals surface area contributed by atoms with Gasteiger partial charge in [-0.1, -0.05) is 35.7 Å². The van der Waals surface area contributed by atoms with Gasteiger partial charge < -0.3 is 14.2 Å². The zero-order chi connectivity index (χ0) is 16.7. The van der Waals surface area contributed by atoms with Crippen molar-refractivity contribution >= 4 is 5.97 Å². The summed E-state index contributed by atoms with van der Waals surface area (Å²) in [6.07, 6.45) is 5.08. The Bertz CT molecular complexity index is 711. The van der Waals surface area contributed by atoms with Crippen LogP contribution in [-0.2, 0) is 11.3 Å². The molecular weight excluding hydrogens is 292 g/mol. The van der Waals surface area contributed by atoms with E-state index in [1.54, 1.807) is 25.3 Å². The predicted octanol–water partition coefficient (Wildman–Crippen LogP) is 3.37. The fourth-order valence-corrected chi connectivity index (χ4v) is 1.95. The molecule has 2 aromatic carbocycles. The molecule has 0 atom stereocenters. The lowest BCUT2D eigenvalue weighted by Gasteiger charge is -2.12. The summed E-state index contributed by atoms with van der Waals surface area (Å²) in [5, 5.41) is 0. The van der Waals surface area contributed by atoms with E-state index < -0.39 is 5.97 Å². The van der Waals surface area contributed by atoms with Crippen LogP contribution < -0.4 is 9.47 Å². The van der Waals surface area contributed by atoms with Crippen LogP contribution >= 0.6 is 0 Å². The van der Waals surface area contributed by atoms with Crippen LogP contribution in [0.3, 0.4) is 0 Å². The summed E-state index contributed by atoms with van der Waals surface area (Å²) in [4.78, 5) is 11.9. The molecular formula is C19H18O4. The van der Waals surface area contributed by atoms with E-state index in [1.165, 1.54) is 5.56 Å². The third kappa shape index (κ3) is 4.52. The van der Waals surface area contributed by atoms with Crippen molar-refractivity contribution in [3.63, 3.8) is 0 Å². The van der Waals surface area contributed by atoms with Crippen LogP contribution in [0, 0.1) is 19.3 Å². The highest BCUT2D eigenvalue weighted by molar-refractivity contribution is 5.90. The number of terminal acetylenes is 1. The number of hydrogen-bond acceptors (Lipinski definition) is 4. The molecule has 0 fully saturated rings. The van der Waals surface area contributed by atoms with Crippen LogP contribution in [0.1, 0.15) is 21.5 Å². The SMILES string of the molecule is C#CCOC(=O)c1ccc(OC)c(OCc2ccc(C)cc2)c1. The molecule has 0 bridgehead atoms. The molecule has 4 nitrogen and oxygen atoms in total. The lowest BCUT2D eigenvalue weighted by atomic mass is 10.1. The van der Waals surface area contributed by atoms with Gasteiger partial charge in [-0.3, -0.25) is 0 Å². The Morgan fingerprint density at radius 3 is 2.52 bits per heavy atom. The molecule has 0 unspecified atom stereocenters. The Balaban J connectivity index is 2.13. The Morgan fingerprint density at radius 1 is 1.13 bits per heavy atom. The molecule has 0 aliphatic rings. The van der Waals surface area contributed by atoms with Crippen molar-refractivity contribution in [3.05, 3.63) is 59.2 Å². The number of aryl methyl sites for hydroxylation is 1. The maximum absolute atomic E-state index is 11.9. The Labute approximate surface area is 136 Å². The Hall–Kier alpha value is -2.93. The molecule has 2 rings (SSSR count). The van der Waals surface area contributed by atoms with E-state index in [0.29, 0.717) is 23.7 Å². The second-order valence-corrected chi connectivity index (χ2v) is 4.92. The van der Waals surface area contributed by atoms with E-state index in [0.717, 1.165) is 5.56 Å². The summed E-state index contributed by atoms with van der Waals surface area (Å²) in [6.45, 7) is 2.34. The summed E-state index contributed by atoms with van der Waals surface area (Å²) in [7, 11) is 1.55. The van der Waals surface area contributed by atoms with E-state index in [9.17, 15) is 4.79 Å². The topological polar surface area (TPSA) is 44.8 Å². The molecule has 4 heteroatoms. The van der Waals surface area contributed by atoms with Crippen LogP contribution in [0.15, 0.2) is 42.5 Å². The standard InChI is InChI=1S/C19H18O4/c1-4-11-22-19(20)16-9-10-17(21-3)18(12-16)23-13-15-7-5-14(2)6-8-15/h1,5-10,12H,11,13H2,2-3H3. The summed E-state index contributed by atoms with van der Waals surface area (Å²) < 4.78 is 15.9. The Morgan fingerprint density at radius 2 is 1.87 bits per heavy atom. The van der Waals surface area contributed by atoms with Crippen molar-refractivity contribution in [2.75, 3.05) is 13.7 Å². The molecule has 0 saturated heterocycles. The van der Waals surface area contributed by atoms with Crippen LogP contribution in [0.4, 0.5) is 0 Å². The highest BCUT2D eigenvalue weighted by Crippen LogP contribution is 2.29. The zero-order valence-corrected chi connectivity index (χ0v) is 13.2. The van der Waals surface area contributed by atoms with Gasteiger partial charge in [-0.15, -0.1) is 6.42 Å². The number of ether oxygens (including phenoxy) is 3. The molecule has 0 N–H and O–H groups in total. The number of rotatable bonds is 6. The summed E-state index contributed by atoms with van der Waals surface area (Å²) in [5.41, 5.74) is 2.57. The average Bonchev–Trinajstić information content (AvgIpc) is 2.58. The van der Waals surface area contributed by atoms with Crippen LogP contribution in [0.5, 0.6) is 11.5 Å². The van der Waals surface area contributed by atoms with Crippen LogP contribution in [0.2, 0.25) is 0 Å². The summed E-state index contributed by atoms with van der Waals surface area (Å²) >= 11 is 0. The number of hydrogen-bond donors (Lipinski definition) is 0. The molecule has 0 amide bonds. The summed E-state index contributed by atoms with van der Waals surface area (Å²) in [5.74, 6) is 2.79. The van der Waals surface area contributed by atoms with E-state index in [1.807, 2.05) is 31.2 Å².